The van der Waals surface area contributed by atoms with Crippen molar-refractivity contribution in [3.05, 3.63) is 49.3 Å². The molecule has 4 rings (SSSR count). The maximum absolute atomic E-state index is 13.3. The molecular weight excluding hydrogens is 451 g/mol. The van der Waals surface area contributed by atoms with E-state index in [9.17, 15) is 9.59 Å². The van der Waals surface area contributed by atoms with Crippen molar-refractivity contribution < 1.29 is 9.59 Å². The Morgan fingerprint density at radius 3 is 2.72 bits per heavy atom. The zero-order chi connectivity index (χ0) is 17.7. The minimum atomic E-state index is -0.170. The highest BCUT2D eigenvalue weighted by atomic mass is 127. The third-order valence-corrected chi connectivity index (χ3v) is 6.45. The Balaban J connectivity index is 1.79. The fraction of sp³-hybridized carbons (Fsp3) is 0.421. The fourth-order valence-electron chi connectivity index (χ4n) is 3.69. The largest absolute Gasteiger partial charge is 0.300 e. The van der Waals surface area contributed by atoms with E-state index in [0.29, 0.717) is 22.9 Å². The second-order valence-corrected chi connectivity index (χ2v) is 8.39. The second-order valence-electron chi connectivity index (χ2n) is 6.96. The van der Waals surface area contributed by atoms with Gasteiger partial charge in [-0.1, -0.05) is 23.7 Å². The van der Waals surface area contributed by atoms with Crippen LogP contribution in [-0.4, -0.2) is 21.5 Å². The van der Waals surface area contributed by atoms with E-state index in [2.05, 4.69) is 27.7 Å². The minimum absolute atomic E-state index is 0.0271. The lowest BCUT2D eigenvalue weighted by Crippen LogP contribution is -2.25. The van der Waals surface area contributed by atoms with E-state index >= 15 is 0 Å². The average Bonchev–Trinajstić information content (AvgIpc) is 3.38. The Hall–Kier alpha value is -1.21. The van der Waals surface area contributed by atoms with Crippen molar-refractivity contribution in [2.75, 3.05) is 0 Å². The molecule has 1 heterocycles. The normalized spacial score (nSPS) is 19.6. The van der Waals surface area contributed by atoms with E-state index in [4.69, 9.17) is 11.6 Å². The zero-order valence-electron chi connectivity index (χ0n) is 13.9. The monoisotopic (exact) mass is 468 g/mol. The topological polar surface area (TPSA) is 52.0 Å². The smallest absolute Gasteiger partial charge is 0.280 e. The summed E-state index contributed by atoms with van der Waals surface area (Å²) in [6.45, 7) is 1.63. The van der Waals surface area contributed by atoms with Gasteiger partial charge in [0.2, 0.25) is 0 Å². The summed E-state index contributed by atoms with van der Waals surface area (Å²) in [5, 5.41) is 4.99. The highest BCUT2D eigenvalue weighted by Gasteiger charge is 2.33. The number of ketones is 1. The molecule has 0 N–H and O–H groups in total. The van der Waals surface area contributed by atoms with Crippen LogP contribution in [-0.2, 0) is 17.6 Å². The highest BCUT2D eigenvalue weighted by Crippen LogP contribution is 2.43. The van der Waals surface area contributed by atoms with E-state index in [0.717, 1.165) is 46.2 Å². The van der Waals surface area contributed by atoms with Gasteiger partial charge in [0.25, 0.3) is 5.91 Å². The van der Waals surface area contributed by atoms with Gasteiger partial charge in [0.15, 0.2) is 0 Å². The molecule has 0 saturated heterocycles. The van der Waals surface area contributed by atoms with E-state index in [-0.39, 0.29) is 17.6 Å². The Morgan fingerprint density at radius 2 is 2.04 bits per heavy atom. The van der Waals surface area contributed by atoms with Crippen LogP contribution in [0.25, 0.3) is 0 Å². The minimum Gasteiger partial charge on any atom is -0.300 e. The summed E-state index contributed by atoms with van der Waals surface area (Å²) >= 11 is 8.58. The number of benzene rings is 1. The predicted molar refractivity (Wildman–Crippen MR) is 104 cm³/mol. The van der Waals surface area contributed by atoms with Crippen molar-refractivity contribution in [2.45, 2.75) is 44.9 Å². The van der Waals surface area contributed by atoms with Gasteiger partial charge in [-0.3, -0.25) is 9.59 Å². The lowest BCUT2D eigenvalue weighted by atomic mass is 9.85. The molecular formula is C19H18ClIN2O2. The van der Waals surface area contributed by atoms with Gasteiger partial charge in [0, 0.05) is 11.5 Å². The number of hydrogen-bond acceptors (Lipinski definition) is 3. The molecule has 0 aliphatic heterocycles. The standard InChI is InChI=1S/C19H18ClIN2O2/c1-10(24)12-7-8-14-16(9-12)23(22-18(14)21)19(25)17-13(11-5-6-11)3-2-4-15(17)20/h2-4,11-12H,5-9H2,1H3/t12-/m1/s1. The fourth-order valence-corrected chi connectivity index (χ4v) is 4.75. The summed E-state index contributed by atoms with van der Waals surface area (Å²) in [6, 6.07) is 5.66. The number of aromatic nitrogens is 2. The van der Waals surface area contributed by atoms with Gasteiger partial charge >= 0.3 is 0 Å². The van der Waals surface area contributed by atoms with Crippen molar-refractivity contribution in [1.82, 2.24) is 9.78 Å². The number of carbonyl (C=O) groups excluding carboxylic acids is 2. The molecule has 1 fully saturated rings. The molecule has 0 bridgehead atoms. The molecule has 4 nitrogen and oxygen atoms in total. The molecule has 0 radical (unpaired) electrons. The van der Waals surface area contributed by atoms with Crippen LogP contribution in [0, 0.1) is 9.62 Å². The SMILES string of the molecule is CC(=O)[C@@H]1CCc2c(I)nn(C(=O)c3c(Cl)cccc3C3CC3)c2C1. The van der Waals surface area contributed by atoms with Gasteiger partial charge in [-0.05, 0) is 79.2 Å². The van der Waals surface area contributed by atoms with Crippen LogP contribution in [0.1, 0.15) is 59.3 Å². The van der Waals surface area contributed by atoms with Gasteiger partial charge in [0.05, 0.1) is 16.3 Å². The van der Waals surface area contributed by atoms with Crippen LogP contribution in [0.4, 0.5) is 0 Å². The zero-order valence-corrected chi connectivity index (χ0v) is 16.8. The van der Waals surface area contributed by atoms with Crippen molar-refractivity contribution in [3.8, 4) is 0 Å². The first-order valence-electron chi connectivity index (χ1n) is 8.57. The lowest BCUT2D eigenvalue weighted by molar-refractivity contribution is -0.121. The quantitative estimate of drug-likeness (QED) is 0.628. The summed E-state index contributed by atoms with van der Waals surface area (Å²) in [4.78, 5) is 25.1. The molecule has 1 atom stereocenters. The molecule has 6 heteroatoms. The number of halogens is 2. The molecule has 1 aromatic carbocycles. The van der Waals surface area contributed by atoms with E-state index < -0.39 is 0 Å². The Kier molecular flexibility index (Phi) is 4.48. The summed E-state index contributed by atoms with van der Waals surface area (Å²) in [5.41, 5.74) is 3.57. The number of rotatable bonds is 3. The third-order valence-electron chi connectivity index (χ3n) is 5.27. The highest BCUT2D eigenvalue weighted by molar-refractivity contribution is 14.1. The van der Waals surface area contributed by atoms with Crippen molar-refractivity contribution in [2.24, 2.45) is 5.92 Å². The molecule has 1 aromatic heterocycles. The van der Waals surface area contributed by atoms with Crippen LogP contribution in [0.5, 0.6) is 0 Å². The molecule has 130 valence electrons. The summed E-state index contributed by atoms with van der Waals surface area (Å²) in [6.07, 6.45) is 4.40. The first-order valence-corrected chi connectivity index (χ1v) is 10.0. The number of hydrogen-bond donors (Lipinski definition) is 0. The Labute approximate surface area is 165 Å². The number of carbonyl (C=O) groups is 2. The molecule has 1 saturated carbocycles. The first-order chi connectivity index (χ1) is 12.0. The van der Waals surface area contributed by atoms with Gasteiger partial charge < -0.3 is 0 Å². The molecule has 2 aliphatic rings. The second kappa shape index (κ2) is 6.50. The Morgan fingerprint density at radius 1 is 1.28 bits per heavy atom. The predicted octanol–water partition coefficient (Wildman–Crippen LogP) is 4.40. The van der Waals surface area contributed by atoms with Crippen LogP contribution >= 0.6 is 34.2 Å². The van der Waals surface area contributed by atoms with Crippen LogP contribution in [0.15, 0.2) is 18.2 Å². The van der Waals surface area contributed by atoms with E-state index in [1.165, 1.54) is 4.68 Å². The molecule has 0 unspecified atom stereocenters. The van der Waals surface area contributed by atoms with Gasteiger partial charge in [-0.15, -0.1) is 0 Å². The van der Waals surface area contributed by atoms with Crippen LogP contribution in [0.2, 0.25) is 5.02 Å². The first kappa shape index (κ1) is 17.2. The van der Waals surface area contributed by atoms with Gasteiger partial charge in [-0.25, -0.2) is 0 Å². The average molecular weight is 469 g/mol. The summed E-state index contributed by atoms with van der Waals surface area (Å²) in [7, 11) is 0. The van der Waals surface area contributed by atoms with Crippen molar-refractivity contribution in [1.29, 1.82) is 0 Å². The maximum atomic E-state index is 13.3. The van der Waals surface area contributed by atoms with Gasteiger partial charge in [0.1, 0.15) is 9.48 Å². The van der Waals surface area contributed by atoms with Gasteiger partial charge in [-0.2, -0.15) is 9.78 Å². The number of Topliss-reactive ketones (excluding diaryl/α,β-unsaturated/α-hetero) is 1. The molecule has 25 heavy (non-hydrogen) atoms. The molecule has 0 amide bonds. The van der Waals surface area contributed by atoms with E-state index in [1.807, 2.05) is 12.1 Å². The third kappa shape index (κ3) is 3.05. The molecule has 2 aliphatic carbocycles. The number of fused-ring (bicyclic) bond motifs is 1. The Bertz CT molecular complexity index is 886. The molecule has 2 aromatic rings. The van der Waals surface area contributed by atoms with Crippen molar-refractivity contribution >= 4 is 45.9 Å². The van der Waals surface area contributed by atoms with Crippen LogP contribution < -0.4 is 0 Å². The van der Waals surface area contributed by atoms with Crippen LogP contribution in [0.3, 0.4) is 0 Å². The van der Waals surface area contributed by atoms with E-state index in [1.54, 1.807) is 13.0 Å². The number of nitrogens with zero attached hydrogens (tertiary/aromatic N) is 2. The summed E-state index contributed by atoms with van der Waals surface area (Å²) < 4.78 is 2.35. The maximum Gasteiger partial charge on any atom is 0.280 e. The lowest BCUT2D eigenvalue weighted by Gasteiger charge is -2.21. The van der Waals surface area contributed by atoms with Crippen molar-refractivity contribution in [3.63, 3.8) is 0 Å². The summed E-state index contributed by atoms with van der Waals surface area (Å²) in [5.74, 6) is 0.405. The molecule has 0 spiro atoms.